The molecule has 1 amide bonds. The molecule has 30 heavy (non-hydrogen) atoms. The Morgan fingerprint density at radius 2 is 1.87 bits per heavy atom. The smallest absolute Gasteiger partial charge is 0.329 e. The van der Waals surface area contributed by atoms with Gasteiger partial charge in [0.1, 0.15) is 18.8 Å². The topological polar surface area (TPSA) is 55.8 Å². The van der Waals surface area contributed by atoms with E-state index >= 15 is 0 Å². The molecule has 1 aliphatic heterocycles. The molecule has 0 unspecified atom stereocenters. The van der Waals surface area contributed by atoms with Crippen molar-refractivity contribution in [2.45, 2.75) is 38.0 Å². The van der Waals surface area contributed by atoms with Crippen molar-refractivity contribution in [2.24, 2.45) is 5.92 Å². The van der Waals surface area contributed by atoms with Crippen LogP contribution in [0.5, 0.6) is 0 Å². The van der Waals surface area contributed by atoms with Gasteiger partial charge in [0, 0.05) is 10.0 Å². The highest BCUT2D eigenvalue weighted by Gasteiger charge is 2.50. The van der Waals surface area contributed by atoms with Crippen LogP contribution in [0, 0.1) is 5.92 Å². The van der Waals surface area contributed by atoms with Gasteiger partial charge in [-0.1, -0.05) is 47.5 Å². The Balaban J connectivity index is 1.81. The van der Waals surface area contributed by atoms with Gasteiger partial charge in [0.15, 0.2) is 0 Å². The van der Waals surface area contributed by atoms with E-state index in [0.29, 0.717) is 10.0 Å². The monoisotopic (exact) mass is 447 g/mol. The first kappa shape index (κ1) is 21.2. The first-order valence-electron chi connectivity index (χ1n) is 10.1. The van der Waals surface area contributed by atoms with Gasteiger partial charge in [-0.15, -0.1) is 0 Å². The minimum Gasteiger partial charge on any atom is -0.464 e. The summed E-state index contributed by atoms with van der Waals surface area (Å²) in [6.07, 6.45) is 1.31. The van der Waals surface area contributed by atoms with Crippen LogP contribution in [0.3, 0.4) is 0 Å². The predicted molar refractivity (Wildman–Crippen MR) is 114 cm³/mol. The lowest BCUT2D eigenvalue weighted by Crippen LogP contribution is -2.54. The highest BCUT2D eigenvalue weighted by atomic mass is 35.5. The minimum absolute atomic E-state index is 0.0981. The number of ether oxygens (including phenoxy) is 2. The Morgan fingerprint density at radius 3 is 2.50 bits per heavy atom. The molecule has 0 bridgehead atoms. The maximum Gasteiger partial charge on any atom is 0.329 e. The molecular weight excluding hydrogens is 425 g/mol. The first-order valence-corrected chi connectivity index (χ1v) is 10.9. The van der Waals surface area contributed by atoms with Crippen molar-refractivity contribution in [1.29, 1.82) is 0 Å². The van der Waals surface area contributed by atoms with E-state index in [0.717, 1.165) is 24.0 Å². The molecule has 2 aliphatic rings. The lowest BCUT2D eigenvalue weighted by atomic mass is 9.90. The fraction of sp³-hybridized carbons (Fsp3) is 0.391. The summed E-state index contributed by atoms with van der Waals surface area (Å²) >= 11 is 12.3. The van der Waals surface area contributed by atoms with Gasteiger partial charge in [-0.05, 0) is 61.1 Å². The zero-order valence-corrected chi connectivity index (χ0v) is 18.1. The molecule has 1 heterocycles. The summed E-state index contributed by atoms with van der Waals surface area (Å²) in [4.78, 5) is 27.7. The van der Waals surface area contributed by atoms with Crippen LogP contribution < -0.4 is 0 Å². The van der Waals surface area contributed by atoms with Crippen molar-refractivity contribution >= 4 is 35.1 Å². The number of carbonyl (C=O) groups is 2. The second kappa shape index (κ2) is 8.96. The predicted octanol–water partition coefficient (Wildman–Crippen LogP) is 4.98. The maximum absolute atomic E-state index is 13.1. The third-order valence-electron chi connectivity index (χ3n) is 5.55. The molecule has 2 aromatic rings. The van der Waals surface area contributed by atoms with Gasteiger partial charge in [0.2, 0.25) is 5.91 Å². The van der Waals surface area contributed by atoms with E-state index < -0.39 is 18.2 Å². The third kappa shape index (κ3) is 4.34. The summed E-state index contributed by atoms with van der Waals surface area (Å²) in [5.74, 6) is -0.488. The molecule has 2 aromatic carbocycles. The van der Waals surface area contributed by atoms with E-state index in [2.05, 4.69) is 0 Å². The molecule has 0 radical (unpaired) electrons. The van der Waals surface area contributed by atoms with Crippen LogP contribution in [0.2, 0.25) is 10.0 Å². The zero-order valence-electron chi connectivity index (χ0n) is 16.6. The Hall–Kier alpha value is -2.08. The Morgan fingerprint density at radius 1 is 1.13 bits per heavy atom. The molecule has 1 aliphatic carbocycles. The van der Waals surface area contributed by atoms with Gasteiger partial charge in [0.05, 0.1) is 12.6 Å². The van der Waals surface area contributed by atoms with Crippen molar-refractivity contribution in [1.82, 2.24) is 4.90 Å². The summed E-state index contributed by atoms with van der Waals surface area (Å²) in [6.45, 7) is 1.93. The number of rotatable bonds is 6. The lowest BCUT2D eigenvalue weighted by molar-refractivity contribution is -0.174. The Labute approximate surface area is 185 Å². The number of benzene rings is 2. The van der Waals surface area contributed by atoms with Crippen molar-refractivity contribution < 1.29 is 19.1 Å². The summed E-state index contributed by atoms with van der Waals surface area (Å²) in [7, 11) is 0. The van der Waals surface area contributed by atoms with E-state index in [1.807, 2.05) is 30.3 Å². The molecule has 0 N–H and O–H groups in total. The second-order valence-corrected chi connectivity index (χ2v) is 8.49. The van der Waals surface area contributed by atoms with Crippen LogP contribution in [-0.4, -0.2) is 36.0 Å². The largest absolute Gasteiger partial charge is 0.464 e. The van der Waals surface area contributed by atoms with E-state index in [9.17, 15) is 9.59 Å². The van der Waals surface area contributed by atoms with Crippen molar-refractivity contribution in [3.05, 3.63) is 69.7 Å². The summed E-state index contributed by atoms with van der Waals surface area (Å²) < 4.78 is 11.4. The van der Waals surface area contributed by atoms with Gasteiger partial charge in [0.25, 0.3) is 0 Å². The highest BCUT2D eigenvalue weighted by molar-refractivity contribution is 6.30. The SMILES string of the molecule is CCOC(=O)[C@H](C1CC1)N1C(=O)CO[C@H](c2cccc(Cl)c2)[C@H]1c1ccc(Cl)cc1. The summed E-state index contributed by atoms with van der Waals surface area (Å²) in [5, 5.41) is 1.18. The molecule has 0 spiro atoms. The van der Waals surface area contributed by atoms with Gasteiger partial charge in [-0.25, -0.2) is 4.79 Å². The number of morpholine rings is 1. The van der Waals surface area contributed by atoms with Crippen LogP contribution in [0.25, 0.3) is 0 Å². The number of carbonyl (C=O) groups excluding carboxylic acids is 2. The fourth-order valence-electron chi connectivity index (χ4n) is 4.09. The third-order valence-corrected chi connectivity index (χ3v) is 6.03. The molecular formula is C23H23Cl2NO4. The number of hydrogen-bond acceptors (Lipinski definition) is 4. The number of halogens is 2. The normalized spacial score (nSPS) is 22.6. The number of hydrogen-bond donors (Lipinski definition) is 0. The molecule has 1 saturated heterocycles. The molecule has 1 saturated carbocycles. The van der Waals surface area contributed by atoms with Crippen LogP contribution in [0.15, 0.2) is 48.5 Å². The van der Waals surface area contributed by atoms with Crippen LogP contribution >= 0.6 is 23.2 Å². The quantitative estimate of drug-likeness (QED) is 0.586. The summed E-state index contributed by atoms with van der Waals surface area (Å²) in [5.41, 5.74) is 1.69. The molecule has 3 atom stereocenters. The first-order chi connectivity index (χ1) is 14.5. The molecule has 4 rings (SSSR count). The van der Waals surface area contributed by atoms with E-state index in [-0.39, 0.29) is 31.0 Å². The maximum atomic E-state index is 13.1. The average molecular weight is 448 g/mol. The standard InChI is InChI=1S/C23H23Cl2NO4/c1-2-29-23(28)21(15-6-7-15)26-19(27)13-30-22(16-4-3-5-18(25)12-16)20(26)14-8-10-17(24)11-9-14/h3-5,8-12,15,20-22H,2,6-7,13H2,1H3/t20-,21+,22-/m1/s1. The van der Waals surface area contributed by atoms with Crippen LogP contribution in [-0.2, 0) is 19.1 Å². The van der Waals surface area contributed by atoms with Crippen LogP contribution in [0.1, 0.15) is 43.0 Å². The molecule has 158 valence electrons. The van der Waals surface area contributed by atoms with Gasteiger partial charge in [-0.3, -0.25) is 4.79 Å². The Kier molecular flexibility index (Phi) is 6.32. The number of amides is 1. The number of nitrogens with zero attached hydrogens (tertiary/aromatic N) is 1. The lowest BCUT2D eigenvalue weighted by Gasteiger charge is -2.44. The number of esters is 1. The van der Waals surface area contributed by atoms with Crippen molar-refractivity contribution in [2.75, 3.05) is 13.2 Å². The second-order valence-electron chi connectivity index (χ2n) is 7.62. The zero-order chi connectivity index (χ0) is 21.3. The minimum atomic E-state index is -0.635. The van der Waals surface area contributed by atoms with Gasteiger partial charge >= 0.3 is 5.97 Å². The summed E-state index contributed by atoms with van der Waals surface area (Å²) in [6, 6.07) is 13.6. The fourth-order valence-corrected chi connectivity index (χ4v) is 4.41. The van der Waals surface area contributed by atoms with Crippen LogP contribution in [0.4, 0.5) is 0 Å². The van der Waals surface area contributed by atoms with Gasteiger partial charge in [-0.2, -0.15) is 0 Å². The van der Waals surface area contributed by atoms with E-state index in [4.69, 9.17) is 32.7 Å². The molecule has 5 nitrogen and oxygen atoms in total. The Bertz CT molecular complexity index is 929. The van der Waals surface area contributed by atoms with E-state index in [1.165, 1.54) is 0 Å². The van der Waals surface area contributed by atoms with Crippen molar-refractivity contribution in [3.8, 4) is 0 Å². The molecule has 2 fully saturated rings. The molecule has 7 heteroatoms. The highest BCUT2D eigenvalue weighted by Crippen LogP contribution is 2.46. The average Bonchev–Trinajstić information content (AvgIpc) is 3.55. The van der Waals surface area contributed by atoms with E-state index in [1.54, 1.807) is 30.0 Å². The van der Waals surface area contributed by atoms with Gasteiger partial charge < -0.3 is 14.4 Å². The molecule has 0 aromatic heterocycles. The van der Waals surface area contributed by atoms with Crippen molar-refractivity contribution in [3.63, 3.8) is 0 Å².